The quantitative estimate of drug-likeness (QED) is 0.827. The Morgan fingerprint density at radius 1 is 1.56 bits per heavy atom. The third-order valence-corrected chi connectivity index (χ3v) is 3.06. The van der Waals surface area contributed by atoms with Gasteiger partial charge < -0.3 is 15.0 Å². The number of hydrogen-bond donors (Lipinski definition) is 1. The Hall–Kier alpha value is -1.29. The van der Waals surface area contributed by atoms with Gasteiger partial charge in [0.2, 0.25) is 0 Å². The number of rotatable bonds is 4. The molecule has 4 nitrogen and oxygen atoms in total. The molecule has 1 unspecified atom stereocenters. The van der Waals surface area contributed by atoms with Crippen molar-refractivity contribution in [1.29, 1.82) is 0 Å². The van der Waals surface area contributed by atoms with Crippen molar-refractivity contribution in [2.45, 2.75) is 6.42 Å². The Labute approximate surface area is 96.6 Å². The molecule has 1 aliphatic heterocycles. The van der Waals surface area contributed by atoms with Gasteiger partial charge in [0.15, 0.2) is 0 Å². The highest BCUT2D eigenvalue weighted by Gasteiger charge is 2.22. The fourth-order valence-electron chi connectivity index (χ4n) is 2.18. The first-order valence-electron chi connectivity index (χ1n) is 5.73. The molecule has 1 fully saturated rings. The fraction of sp³-hybridized carbons (Fsp3) is 0.583. The van der Waals surface area contributed by atoms with Crippen LogP contribution in [0.2, 0.25) is 0 Å². The molecule has 0 amide bonds. The fourth-order valence-corrected chi connectivity index (χ4v) is 2.18. The van der Waals surface area contributed by atoms with Crippen LogP contribution in [0.4, 0.5) is 5.82 Å². The SMILES string of the molecule is CNCC1CCN(c2ccc(OC)cn2)C1. The number of methoxy groups -OCH3 is 1. The van der Waals surface area contributed by atoms with E-state index in [1.807, 2.05) is 19.2 Å². The Morgan fingerprint density at radius 2 is 2.44 bits per heavy atom. The number of ether oxygens (including phenoxy) is 1. The highest BCUT2D eigenvalue weighted by Crippen LogP contribution is 2.22. The minimum atomic E-state index is 0.744. The monoisotopic (exact) mass is 221 g/mol. The van der Waals surface area contributed by atoms with E-state index in [9.17, 15) is 0 Å². The van der Waals surface area contributed by atoms with Crippen LogP contribution in [0.25, 0.3) is 0 Å². The van der Waals surface area contributed by atoms with Crippen molar-refractivity contribution in [1.82, 2.24) is 10.3 Å². The first kappa shape index (κ1) is 11.2. The second kappa shape index (κ2) is 5.16. The van der Waals surface area contributed by atoms with Gasteiger partial charge in [0.05, 0.1) is 13.3 Å². The smallest absolute Gasteiger partial charge is 0.137 e. The van der Waals surface area contributed by atoms with Crippen LogP contribution in [-0.4, -0.2) is 38.8 Å². The van der Waals surface area contributed by atoms with E-state index < -0.39 is 0 Å². The zero-order valence-corrected chi connectivity index (χ0v) is 9.94. The molecule has 4 heteroatoms. The summed E-state index contributed by atoms with van der Waals surface area (Å²) in [6, 6.07) is 3.99. The summed E-state index contributed by atoms with van der Waals surface area (Å²) in [5.74, 6) is 2.61. The van der Waals surface area contributed by atoms with Crippen molar-refractivity contribution in [3.05, 3.63) is 18.3 Å². The molecule has 88 valence electrons. The van der Waals surface area contributed by atoms with Gasteiger partial charge in [-0.25, -0.2) is 4.98 Å². The lowest BCUT2D eigenvalue weighted by atomic mass is 10.1. The number of anilines is 1. The van der Waals surface area contributed by atoms with E-state index in [4.69, 9.17) is 4.74 Å². The van der Waals surface area contributed by atoms with Crippen molar-refractivity contribution in [3.63, 3.8) is 0 Å². The first-order valence-corrected chi connectivity index (χ1v) is 5.73. The molecule has 0 radical (unpaired) electrons. The highest BCUT2D eigenvalue weighted by atomic mass is 16.5. The first-order chi connectivity index (χ1) is 7.83. The summed E-state index contributed by atoms with van der Waals surface area (Å²) in [7, 11) is 3.67. The van der Waals surface area contributed by atoms with E-state index in [1.165, 1.54) is 6.42 Å². The summed E-state index contributed by atoms with van der Waals surface area (Å²) in [6.07, 6.45) is 3.02. The Bertz CT molecular complexity index is 326. The predicted octanol–water partition coefficient (Wildman–Crippen LogP) is 1.14. The van der Waals surface area contributed by atoms with Gasteiger partial charge >= 0.3 is 0 Å². The predicted molar refractivity (Wildman–Crippen MR) is 65.0 cm³/mol. The number of nitrogens with one attached hydrogen (secondary N) is 1. The lowest BCUT2D eigenvalue weighted by molar-refractivity contribution is 0.413. The Morgan fingerprint density at radius 3 is 3.06 bits per heavy atom. The van der Waals surface area contributed by atoms with E-state index in [0.29, 0.717) is 0 Å². The Kier molecular flexibility index (Phi) is 3.62. The van der Waals surface area contributed by atoms with Crippen LogP contribution in [-0.2, 0) is 0 Å². The molecule has 1 aromatic rings. The summed E-state index contributed by atoms with van der Waals surface area (Å²) < 4.78 is 5.10. The van der Waals surface area contributed by atoms with Gasteiger partial charge in [0.1, 0.15) is 11.6 Å². The van der Waals surface area contributed by atoms with Crippen LogP contribution in [0, 0.1) is 5.92 Å². The highest BCUT2D eigenvalue weighted by molar-refractivity contribution is 5.41. The Balaban J connectivity index is 1.97. The van der Waals surface area contributed by atoms with Crippen LogP contribution in [0.5, 0.6) is 5.75 Å². The molecule has 1 N–H and O–H groups in total. The molecule has 1 aromatic heterocycles. The molecule has 0 saturated carbocycles. The topological polar surface area (TPSA) is 37.4 Å². The third-order valence-electron chi connectivity index (χ3n) is 3.06. The second-order valence-electron chi connectivity index (χ2n) is 4.21. The average Bonchev–Trinajstić information content (AvgIpc) is 2.78. The maximum absolute atomic E-state index is 5.10. The van der Waals surface area contributed by atoms with Crippen molar-refractivity contribution < 1.29 is 4.74 Å². The molecular formula is C12H19N3O. The summed E-state index contributed by atoms with van der Waals surface area (Å²) in [6.45, 7) is 3.29. The molecule has 2 rings (SSSR count). The molecule has 1 saturated heterocycles. The molecule has 2 heterocycles. The lowest BCUT2D eigenvalue weighted by Crippen LogP contribution is -2.24. The normalized spacial score (nSPS) is 20.1. The van der Waals surface area contributed by atoms with Gasteiger partial charge in [0, 0.05) is 13.1 Å². The van der Waals surface area contributed by atoms with Gasteiger partial charge in [0.25, 0.3) is 0 Å². The van der Waals surface area contributed by atoms with Crippen LogP contribution < -0.4 is 15.0 Å². The number of hydrogen-bond acceptors (Lipinski definition) is 4. The summed E-state index contributed by atoms with van der Waals surface area (Å²) >= 11 is 0. The van der Waals surface area contributed by atoms with E-state index in [2.05, 4.69) is 15.2 Å². The average molecular weight is 221 g/mol. The second-order valence-corrected chi connectivity index (χ2v) is 4.21. The number of nitrogens with zero attached hydrogens (tertiary/aromatic N) is 2. The minimum absolute atomic E-state index is 0.744. The zero-order valence-electron chi connectivity index (χ0n) is 9.94. The molecule has 0 aromatic carbocycles. The third kappa shape index (κ3) is 2.44. The van der Waals surface area contributed by atoms with Crippen LogP contribution >= 0.6 is 0 Å². The molecule has 16 heavy (non-hydrogen) atoms. The van der Waals surface area contributed by atoms with Gasteiger partial charge in [-0.05, 0) is 38.1 Å². The minimum Gasteiger partial charge on any atom is -0.495 e. The maximum atomic E-state index is 5.10. The van der Waals surface area contributed by atoms with Gasteiger partial charge in [-0.15, -0.1) is 0 Å². The van der Waals surface area contributed by atoms with Crippen molar-refractivity contribution >= 4 is 5.82 Å². The van der Waals surface area contributed by atoms with Crippen molar-refractivity contribution in [2.75, 3.05) is 38.7 Å². The molecule has 0 aliphatic carbocycles. The van der Waals surface area contributed by atoms with E-state index in [1.54, 1.807) is 13.3 Å². The zero-order chi connectivity index (χ0) is 11.4. The number of pyridine rings is 1. The van der Waals surface area contributed by atoms with Crippen LogP contribution in [0.15, 0.2) is 18.3 Å². The molecule has 1 aliphatic rings. The lowest BCUT2D eigenvalue weighted by Gasteiger charge is -2.17. The summed E-state index contributed by atoms with van der Waals surface area (Å²) in [5.41, 5.74) is 0. The van der Waals surface area contributed by atoms with Crippen LogP contribution in [0.1, 0.15) is 6.42 Å². The molecule has 0 spiro atoms. The van der Waals surface area contributed by atoms with Gasteiger partial charge in [-0.2, -0.15) is 0 Å². The van der Waals surface area contributed by atoms with Crippen LogP contribution in [0.3, 0.4) is 0 Å². The summed E-state index contributed by atoms with van der Waals surface area (Å²) in [5, 5.41) is 3.23. The van der Waals surface area contributed by atoms with E-state index >= 15 is 0 Å². The molecule has 0 bridgehead atoms. The van der Waals surface area contributed by atoms with Crippen molar-refractivity contribution in [2.24, 2.45) is 5.92 Å². The number of aromatic nitrogens is 1. The summed E-state index contributed by atoms with van der Waals surface area (Å²) in [4.78, 5) is 6.74. The van der Waals surface area contributed by atoms with E-state index in [-0.39, 0.29) is 0 Å². The largest absolute Gasteiger partial charge is 0.495 e. The van der Waals surface area contributed by atoms with Gasteiger partial charge in [-0.3, -0.25) is 0 Å². The van der Waals surface area contributed by atoms with Gasteiger partial charge in [-0.1, -0.05) is 0 Å². The maximum Gasteiger partial charge on any atom is 0.137 e. The standard InChI is InChI=1S/C12H19N3O/c1-13-7-10-5-6-15(9-10)12-4-3-11(16-2)8-14-12/h3-4,8,10,13H,5-7,9H2,1-2H3. The van der Waals surface area contributed by atoms with Crippen molar-refractivity contribution in [3.8, 4) is 5.75 Å². The molecular weight excluding hydrogens is 202 g/mol. The molecule has 1 atom stereocenters. The van der Waals surface area contributed by atoms with E-state index in [0.717, 1.165) is 37.1 Å².